The lowest BCUT2D eigenvalue weighted by Gasteiger charge is -2.07. The van der Waals surface area contributed by atoms with Gasteiger partial charge in [0, 0.05) is 5.56 Å². The summed E-state index contributed by atoms with van der Waals surface area (Å²) in [7, 11) is 1.60. The summed E-state index contributed by atoms with van der Waals surface area (Å²) in [5.74, 6) is 0.532. The summed E-state index contributed by atoms with van der Waals surface area (Å²) in [5.41, 5.74) is 1.43. The van der Waals surface area contributed by atoms with Crippen molar-refractivity contribution in [1.29, 1.82) is 0 Å². The second-order valence-electron chi connectivity index (χ2n) is 3.40. The third kappa shape index (κ3) is 1.80. The number of hydrogen-bond acceptors (Lipinski definition) is 3. The van der Waals surface area contributed by atoms with E-state index in [-0.39, 0.29) is 11.5 Å². The number of aromatic hydroxyl groups is 2. The molecule has 0 aromatic heterocycles. The van der Waals surface area contributed by atoms with Crippen LogP contribution in [0, 0.1) is 0 Å². The molecule has 0 heterocycles. The van der Waals surface area contributed by atoms with Crippen molar-refractivity contribution in [3.63, 3.8) is 0 Å². The topological polar surface area (TPSA) is 49.7 Å². The van der Waals surface area contributed by atoms with Crippen molar-refractivity contribution in [3.05, 3.63) is 42.5 Å². The highest BCUT2D eigenvalue weighted by Gasteiger charge is 2.07. The Balaban J connectivity index is 2.46. The predicted molar refractivity (Wildman–Crippen MR) is 61.8 cm³/mol. The van der Waals surface area contributed by atoms with Gasteiger partial charge in [0.2, 0.25) is 0 Å². The Kier molecular flexibility index (Phi) is 2.68. The van der Waals surface area contributed by atoms with Crippen molar-refractivity contribution in [2.45, 2.75) is 0 Å². The fourth-order valence-electron chi connectivity index (χ4n) is 1.53. The van der Waals surface area contributed by atoms with Crippen LogP contribution in [0.25, 0.3) is 11.1 Å². The average Bonchev–Trinajstić information content (AvgIpc) is 2.33. The van der Waals surface area contributed by atoms with E-state index in [4.69, 9.17) is 4.74 Å². The van der Waals surface area contributed by atoms with E-state index in [1.165, 1.54) is 6.07 Å². The van der Waals surface area contributed by atoms with Crippen LogP contribution in [0.15, 0.2) is 42.5 Å². The molecular weight excluding hydrogens is 204 g/mol. The fourth-order valence-corrected chi connectivity index (χ4v) is 1.53. The van der Waals surface area contributed by atoms with Crippen molar-refractivity contribution in [1.82, 2.24) is 0 Å². The van der Waals surface area contributed by atoms with Gasteiger partial charge in [0.15, 0.2) is 11.5 Å². The molecule has 2 aromatic rings. The van der Waals surface area contributed by atoms with E-state index in [9.17, 15) is 10.2 Å². The summed E-state index contributed by atoms with van der Waals surface area (Å²) in [6, 6.07) is 12.1. The monoisotopic (exact) mass is 216 g/mol. The summed E-state index contributed by atoms with van der Waals surface area (Å²) < 4.78 is 5.05. The van der Waals surface area contributed by atoms with Gasteiger partial charge in [-0.3, -0.25) is 0 Å². The first kappa shape index (κ1) is 10.4. The molecular formula is C13H12O3. The number of phenols is 2. The zero-order chi connectivity index (χ0) is 11.5. The maximum absolute atomic E-state index is 9.70. The van der Waals surface area contributed by atoms with E-state index in [2.05, 4.69) is 0 Å². The number of ether oxygens (including phenoxy) is 1. The normalized spacial score (nSPS) is 10.1. The molecule has 2 aromatic carbocycles. The lowest BCUT2D eigenvalue weighted by Crippen LogP contribution is -1.83. The van der Waals surface area contributed by atoms with Gasteiger partial charge in [0.1, 0.15) is 5.75 Å². The van der Waals surface area contributed by atoms with E-state index in [0.717, 1.165) is 11.3 Å². The standard InChI is InChI=1S/C13H12O3/c1-16-10-7-5-9(6-8-10)11-3-2-4-12(14)13(11)15/h2-8,14-15H,1H3. The lowest BCUT2D eigenvalue weighted by atomic mass is 10.0. The highest BCUT2D eigenvalue weighted by molar-refractivity contribution is 5.73. The number of benzene rings is 2. The molecule has 0 saturated carbocycles. The van der Waals surface area contributed by atoms with Gasteiger partial charge >= 0.3 is 0 Å². The Bertz CT molecular complexity index is 489. The van der Waals surface area contributed by atoms with Gasteiger partial charge < -0.3 is 14.9 Å². The second-order valence-corrected chi connectivity index (χ2v) is 3.40. The van der Waals surface area contributed by atoms with Gasteiger partial charge in [-0.2, -0.15) is 0 Å². The number of phenolic OH excluding ortho intramolecular Hbond substituents is 2. The maximum Gasteiger partial charge on any atom is 0.165 e. The van der Waals surface area contributed by atoms with Crippen LogP contribution >= 0.6 is 0 Å². The van der Waals surface area contributed by atoms with Crippen LogP contribution in [-0.4, -0.2) is 17.3 Å². The first-order valence-electron chi connectivity index (χ1n) is 4.87. The molecule has 0 aliphatic rings. The summed E-state index contributed by atoms with van der Waals surface area (Å²) >= 11 is 0. The minimum absolute atomic E-state index is 0.104. The molecule has 0 fully saturated rings. The quantitative estimate of drug-likeness (QED) is 0.759. The fraction of sp³-hybridized carbons (Fsp3) is 0.0769. The van der Waals surface area contributed by atoms with Crippen molar-refractivity contribution < 1.29 is 14.9 Å². The third-order valence-corrected chi connectivity index (χ3v) is 2.42. The molecule has 0 bridgehead atoms. The summed E-state index contributed by atoms with van der Waals surface area (Å²) in [4.78, 5) is 0. The van der Waals surface area contributed by atoms with Gasteiger partial charge in [0.25, 0.3) is 0 Å². The molecule has 3 heteroatoms. The summed E-state index contributed by atoms with van der Waals surface area (Å²) in [6.45, 7) is 0. The molecule has 3 nitrogen and oxygen atoms in total. The second kappa shape index (κ2) is 4.14. The van der Waals surface area contributed by atoms with E-state index in [0.29, 0.717) is 5.56 Å². The van der Waals surface area contributed by atoms with Crippen LogP contribution in [0.2, 0.25) is 0 Å². The average molecular weight is 216 g/mol. The third-order valence-electron chi connectivity index (χ3n) is 2.42. The van der Waals surface area contributed by atoms with Gasteiger partial charge in [0.05, 0.1) is 7.11 Å². The molecule has 0 saturated heterocycles. The molecule has 0 atom stereocenters. The van der Waals surface area contributed by atoms with Gasteiger partial charge in [-0.15, -0.1) is 0 Å². The molecule has 0 aliphatic carbocycles. The SMILES string of the molecule is COc1ccc(-c2cccc(O)c2O)cc1. The first-order chi connectivity index (χ1) is 7.72. The molecule has 2 rings (SSSR count). The molecule has 0 spiro atoms. The van der Waals surface area contributed by atoms with Crippen LogP contribution in [0.3, 0.4) is 0 Å². The molecule has 16 heavy (non-hydrogen) atoms. The Hall–Kier alpha value is -2.16. The summed E-state index contributed by atoms with van der Waals surface area (Å²) in [6.07, 6.45) is 0. The van der Waals surface area contributed by atoms with Crippen LogP contribution in [0.5, 0.6) is 17.2 Å². The maximum atomic E-state index is 9.70. The molecule has 0 aliphatic heterocycles. The largest absolute Gasteiger partial charge is 0.504 e. The van der Waals surface area contributed by atoms with E-state index >= 15 is 0 Å². The highest BCUT2D eigenvalue weighted by atomic mass is 16.5. The Morgan fingerprint density at radius 2 is 1.62 bits per heavy atom. The molecule has 2 N–H and O–H groups in total. The van der Waals surface area contributed by atoms with Crippen molar-refractivity contribution in [3.8, 4) is 28.4 Å². The Morgan fingerprint density at radius 3 is 2.25 bits per heavy atom. The highest BCUT2D eigenvalue weighted by Crippen LogP contribution is 2.36. The number of rotatable bonds is 2. The predicted octanol–water partition coefficient (Wildman–Crippen LogP) is 2.77. The number of para-hydroxylation sites is 1. The van der Waals surface area contributed by atoms with Crippen molar-refractivity contribution in [2.75, 3.05) is 7.11 Å². The van der Waals surface area contributed by atoms with Crippen LogP contribution in [0.4, 0.5) is 0 Å². The molecule has 82 valence electrons. The molecule has 0 amide bonds. The van der Waals surface area contributed by atoms with Crippen LogP contribution < -0.4 is 4.74 Å². The van der Waals surface area contributed by atoms with E-state index in [1.54, 1.807) is 31.4 Å². The Morgan fingerprint density at radius 1 is 0.938 bits per heavy atom. The van der Waals surface area contributed by atoms with Gasteiger partial charge in [-0.25, -0.2) is 0 Å². The minimum atomic E-state index is -0.117. The smallest absolute Gasteiger partial charge is 0.165 e. The number of methoxy groups -OCH3 is 1. The van der Waals surface area contributed by atoms with Gasteiger partial charge in [-0.05, 0) is 23.8 Å². The van der Waals surface area contributed by atoms with Crippen molar-refractivity contribution in [2.24, 2.45) is 0 Å². The lowest BCUT2D eigenvalue weighted by molar-refractivity contribution is 0.405. The molecule has 0 unspecified atom stereocenters. The first-order valence-corrected chi connectivity index (χ1v) is 4.87. The van der Waals surface area contributed by atoms with Crippen molar-refractivity contribution >= 4 is 0 Å². The Labute approximate surface area is 93.6 Å². The molecule has 0 radical (unpaired) electrons. The number of hydrogen-bond donors (Lipinski definition) is 2. The minimum Gasteiger partial charge on any atom is -0.504 e. The van der Waals surface area contributed by atoms with E-state index in [1.807, 2.05) is 12.1 Å². The van der Waals surface area contributed by atoms with E-state index < -0.39 is 0 Å². The zero-order valence-corrected chi connectivity index (χ0v) is 8.84. The zero-order valence-electron chi connectivity index (χ0n) is 8.84. The van der Waals surface area contributed by atoms with Crippen LogP contribution in [-0.2, 0) is 0 Å². The summed E-state index contributed by atoms with van der Waals surface area (Å²) in [5, 5.41) is 19.1. The van der Waals surface area contributed by atoms with Gasteiger partial charge in [-0.1, -0.05) is 24.3 Å². The van der Waals surface area contributed by atoms with Crippen LogP contribution in [0.1, 0.15) is 0 Å².